The molecule has 1 spiro atoms. The van der Waals surface area contributed by atoms with Crippen molar-refractivity contribution in [3.63, 3.8) is 0 Å². The van der Waals surface area contributed by atoms with Gasteiger partial charge in [0.2, 0.25) is 5.91 Å². The number of carbonyl (C=O) groups excluding carboxylic acids is 1. The third-order valence-corrected chi connectivity index (χ3v) is 6.61. The van der Waals surface area contributed by atoms with Gasteiger partial charge in [0.1, 0.15) is 6.10 Å². The third kappa shape index (κ3) is 5.13. The van der Waals surface area contributed by atoms with Gasteiger partial charge in [-0.1, -0.05) is 30.3 Å². The van der Waals surface area contributed by atoms with Crippen LogP contribution in [0.2, 0.25) is 0 Å². The maximum absolute atomic E-state index is 12.1. The molecule has 0 radical (unpaired) electrons. The minimum absolute atomic E-state index is 0.0373. The molecule has 0 bridgehead atoms. The fourth-order valence-corrected chi connectivity index (χ4v) is 4.86. The van der Waals surface area contributed by atoms with Gasteiger partial charge >= 0.3 is 0 Å². The van der Waals surface area contributed by atoms with E-state index in [1.54, 1.807) is 0 Å². The van der Waals surface area contributed by atoms with Crippen molar-refractivity contribution in [2.45, 2.75) is 69.2 Å². The fraction of sp³-hybridized carbons (Fsp3) is 0.696. The van der Waals surface area contributed by atoms with Crippen LogP contribution in [0.5, 0.6) is 0 Å². The predicted molar refractivity (Wildman–Crippen MR) is 109 cm³/mol. The second kappa shape index (κ2) is 9.38. The number of ether oxygens (including phenoxy) is 2. The number of likely N-dealkylation sites (tertiary alicyclic amines) is 1. The third-order valence-electron chi connectivity index (χ3n) is 6.61. The molecular formula is C23H34N2O3. The molecule has 2 atom stereocenters. The van der Waals surface area contributed by atoms with E-state index in [1.165, 1.54) is 18.5 Å². The van der Waals surface area contributed by atoms with Crippen molar-refractivity contribution < 1.29 is 14.3 Å². The first-order valence-electron chi connectivity index (χ1n) is 11.1. The SMILES string of the molecule is O=C(NC[C@H]1CCC2(CCN(CCCc3ccccc3)CC2)O1)[C@@H]1CCCO1. The van der Waals surface area contributed by atoms with E-state index < -0.39 is 0 Å². The van der Waals surface area contributed by atoms with Crippen LogP contribution in [0, 0.1) is 0 Å². The highest BCUT2D eigenvalue weighted by Gasteiger charge is 2.42. The maximum atomic E-state index is 12.1. The zero-order valence-electron chi connectivity index (χ0n) is 16.9. The standard InChI is InChI=1S/C23H34N2O3/c26-22(21-9-5-17-27-21)24-18-20-10-11-23(28-20)12-15-25(16-13-23)14-4-8-19-6-2-1-3-7-19/h1-3,6-7,20-21H,4-5,8-18H2,(H,24,26)/t20-,21+/m1/s1. The molecule has 1 N–H and O–H groups in total. The van der Waals surface area contributed by atoms with Gasteiger partial charge in [0.05, 0.1) is 11.7 Å². The van der Waals surface area contributed by atoms with E-state index in [4.69, 9.17) is 9.47 Å². The first kappa shape index (κ1) is 19.9. The lowest BCUT2D eigenvalue weighted by molar-refractivity contribution is -0.131. The number of aryl methyl sites for hydroxylation is 1. The van der Waals surface area contributed by atoms with Gasteiger partial charge in [0.15, 0.2) is 0 Å². The average molecular weight is 387 g/mol. The summed E-state index contributed by atoms with van der Waals surface area (Å²) in [7, 11) is 0. The van der Waals surface area contributed by atoms with Crippen molar-refractivity contribution >= 4 is 5.91 Å². The lowest BCUT2D eigenvalue weighted by atomic mass is 9.88. The highest BCUT2D eigenvalue weighted by Crippen LogP contribution is 2.38. The molecule has 1 aromatic rings. The first-order valence-corrected chi connectivity index (χ1v) is 11.1. The van der Waals surface area contributed by atoms with E-state index in [0.29, 0.717) is 13.2 Å². The van der Waals surface area contributed by atoms with Crippen molar-refractivity contribution in [2.75, 3.05) is 32.8 Å². The Bertz CT molecular complexity index is 622. The Morgan fingerprint density at radius 3 is 2.71 bits per heavy atom. The van der Waals surface area contributed by atoms with Gasteiger partial charge in [0.25, 0.3) is 0 Å². The summed E-state index contributed by atoms with van der Waals surface area (Å²) in [5.41, 5.74) is 1.48. The number of hydrogen-bond acceptors (Lipinski definition) is 4. The minimum Gasteiger partial charge on any atom is -0.370 e. The summed E-state index contributed by atoms with van der Waals surface area (Å²) < 4.78 is 11.9. The number of nitrogens with one attached hydrogen (secondary N) is 1. The summed E-state index contributed by atoms with van der Waals surface area (Å²) in [6, 6.07) is 10.8. The monoisotopic (exact) mass is 386 g/mol. The topological polar surface area (TPSA) is 50.8 Å². The van der Waals surface area contributed by atoms with Crippen molar-refractivity contribution in [2.24, 2.45) is 0 Å². The van der Waals surface area contributed by atoms with Gasteiger partial charge in [-0.15, -0.1) is 0 Å². The lowest BCUT2D eigenvalue weighted by Crippen LogP contribution is -2.45. The molecule has 3 fully saturated rings. The molecule has 3 aliphatic rings. The van der Waals surface area contributed by atoms with Crippen LogP contribution in [0.1, 0.15) is 50.5 Å². The second-order valence-corrected chi connectivity index (χ2v) is 8.64. The van der Waals surface area contributed by atoms with E-state index in [-0.39, 0.29) is 23.7 Å². The number of amides is 1. The van der Waals surface area contributed by atoms with E-state index in [0.717, 1.165) is 58.0 Å². The van der Waals surface area contributed by atoms with Crippen LogP contribution in [0.15, 0.2) is 30.3 Å². The van der Waals surface area contributed by atoms with Gasteiger partial charge < -0.3 is 19.7 Å². The molecule has 3 heterocycles. The van der Waals surface area contributed by atoms with Gasteiger partial charge in [-0.05, 0) is 63.5 Å². The van der Waals surface area contributed by atoms with E-state index in [2.05, 4.69) is 40.5 Å². The molecule has 28 heavy (non-hydrogen) atoms. The average Bonchev–Trinajstić information content (AvgIpc) is 3.40. The number of nitrogens with zero attached hydrogens (tertiary/aromatic N) is 1. The summed E-state index contributed by atoms with van der Waals surface area (Å²) in [6.45, 7) is 4.77. The zero-order chi connectivity index (χ0) is 19.2. The summed E-state index contributed by atoms with van der Waals surface area (Å²) in [6.07, 6.45) is 8.56. The molecule has 0 aliphatic carbocycles. The number of rotatable bonds is 7. The highest BCUT2D eigenvalue weighted by molar-refractivity contribution is 5.80. The summed E-state index contributed by atoms with van der Waals surface area (Å²) in [5, 5.41) is 3.04. The highest BCUT2D eigenvalue weighted by atomic mass is 16.5. The largest absolute Gasteiger partial charge is 0.370 e. The Kier molecular flexibility index (Phi) is 6.65. The Morgan fingerprint density at radius 1 is 1.14 bits per heavy atom. The molecule has 3 saturated heterocycles. The molecule has 1 aromatic carbocycles. The van der Waals surface area contributed by atoms with Gasteiger partial charge in [0, 0.05) is 26.2 Å². The number of piperidine rings is 1. The van der Waals surface area contributed by atoms with Crippen molar-refractivity contribution in [3.05, 3.63) is 35.9 Å². The van der Waals surface area contributed by atoms with Gasteiger partial charge in [-0.3, -0.25) is 4.79 Å². The molecule has 154 valence electrons. The van der Waals surface area contributed by atoms with Crippen LogP contribution in [0.4, 0.5) is 0 Å². The zero-order valence-corrected chi connectivity index (χ0v) is 16.9. The Balaban J connectivity index is 1.14. The molecule has 5 nitrogen and oxygen atoms in total. The van der Waals surface area contributed by atoms with Crippen LogP contribution in [-0.2, 0) is 20.7 Å². The van der Waals surface area contributed by atoms with Crippen LogP contribution in [-0.4, -0.2) is 61.4 Å². The Labute approximate surface area is 168 Å². The maximum Gasteiger partial charge on any atom is 0.249 e. The smallest absolute Gasteiger partial charge is 0.249 e. The van der Waals surface area contributed by atoms with E-state index in [9.17, 15) is 4.79 Å². The summed E-state index contributed by atoms with van der Waals surface area (Å²) in [5.74, 6) is 0.0373. The van der Waals surface area contributed by atoms with Gasteiger partial charge in [-0.2, -0.15) is 0 Å². The molecule has 5 heteroatoms. The van der Waals surface area contributed by atoms with Crippen LogP contribution < -0.4 is 5.32 Å². The number of hydrogen-bond donors (Lipinski definition) is 1. The van der Waals surface area contributed by atoms with E-state index in [1.807, 2.05) is 0 Å². The van der Waals surface area contributed by atoms with E-state index >= 15 is 0 Å². The quantitative estimate of drug-likeness (QED) is 0.783. The van der Waals surface area contributed by atoms with Gasteiger partial charge in [-0.25, -0.2) is 0 Å². The molecule has 0 unspecified atom stereocenters. The number of carbonyl (C=O) groups is 1. The molecular weight excluding hydrogens is 352 g/mol. The van der Waals surface area contributed by atoms with Crippen LogP contribution >= 0.6 is 0 Å². The summed E-state index contributed by atoms with van der Waals surface area (Å²) in [4.78, 5) is 14.7. The number of benzene rings is 1. The predicted octanol–water partition coefficient (Wildman–Crippen LogP) is 2.93. The van der Waals surface area contributed by atoms with Crippen molar-refractivity contribution in [3.8, 4) is 0 Å². The minimum atomic E-state index is -0.241. The molecule has 1 amide bonds. The fourth-order valence-electron chi connectivity index (χ4n) is 4.86. The molecule has 0 saturated carbocycles. The molecule has 3 aliphatic heterocycles. The summed E-state index contributed by atoms with van der Waals surface area (Å²) >= 11 is 0. The lowest BCUT2D eigenvalue weighted by Gasteiger charge is -2.39. The Morgan fingerprint density at radius 2 is 1.96 bits per heavy atom. The van der Waals surface area contributed by atoms with Crippen LogP contribution in [0.3, 0.4) is 0 Å². The van der Waals surface area contributed by atoms with Crippen molar-refractivity contribution in [1.82, 2.24) is 10.2 Å². The Hall–Kier alpha value is -1.43. The normalized spacial score (nSPS) is 27.3. The second-order valence-electron chi connectivity index (χ2n) is 8.64. The molecule has 4 rings (SSSR count). The molecule has 0 aromatic heterocycles. The van der Waals surface area contributed by atoms with Crippen molar-refractivity contribution in [1.29, 1.82) is 0 Å². The first-order chi connectivity index (χ1) is 13.7. The van der Waals surface area contributed by atoms with Crippen LogP contribution in [0.25, 0.3) is 0 Å².